The van der Waals surface area contributed by atoms with Gasteiger partial charge in [-0.2, -0.15) is 0 Å². The molecule has 0 heterocycles. The lowest BCUT2D eigenvalue weighted by Crippen LogP contribution is -2.67. The highest BCUT2D eigenvalue weighted by atomic mass is 16.3. The zero-order valence-corrected chi connectivity index (χ0v) is 25.0. The van der Waals surface area contributed by atoms with Crippen LogP contribution < -0.4 is 0 Å². The van der Waals surface area contributed by atoms with Gasteiger partial charge in [0, 0.05) is 16.4 Å². The molecule has 0 unspecified atom stereocenters. The van der Waals surface area contributed by atoms with E-state index in [1.54, 1.807) is 13.8 Å². The van der Waals surface area contributed by atoms with Crippen LogP contribution in [0.25, 0.3) is 5.76 Å². The standard InChI is InChI=1S/C33H44O6/c1-17(2)21-13-20(11-10-12-30(5,6)7)26(35)24-22(21)15-31(8)16-32(9)14-18(3)23(19(4)34)28(37)33(32,39)29(38)25(31)27(24)36/h13,17,35-36,39H,10-12,14-16H2,1-9H3/t31-,32+,33+/m1/s1. The predicted octanol–water partition coefficient (Wildman–Crippen LogP) is 6.30. The molecule has 0 saturated heterocycles. The minimum Gasteiger partial charge on any atom is -0.507 e. The van der Waals surface area contributed by atoms with Crippen LogP contribution in [0, 0.1) is 16.2 Å². The van der Waals surface area contributed by atoms with Crippen molar-refractivity contribution in [3.8, 4) is 5.75 Å². The molecule has 0 aromatic heterocycles. The third-order valence-corrected chi connectivity index (χ3v) is 9.36. The average molecular weight is 537 g/mol. The van der Waals surface area contributed by atoms with E-state index in [4.69, 9.17) is 0 Å². The van der Waals surface area contributed by atoms with Crippen molar-refractivity contribution < 1.29 is 29.7 Å². The van der Waals surface area contributed by atoms with E-state index in [9.17, 15) is 29.7 Å². The van der Waals surface area contributed by atoms with Gasteiger partial charge in [-0.15, -0.1) is 0 Å². The Hall–Kier alpha value is -2.73. The number of ketones is 3. The Morgan fingerprint density at radius 3 is 2.23 bits per heavy atom. The van der Waals surface area contributed by atoms with Crippen LogP contribution >= 0.6 is 0 Å². The molecule has 212 valence electrons. The second kappa shape index (κ2) is 9.15. The number of phenols is 1. The number of aryl methyl sites for hydroxylation is 1. The Balaban J connectivity index is 1.93. The number of aromatic hydroxyl groups is 1. The van der Waals surface area contributed by atoms with Gasteiger partial charge in [0.15, 0.2) is 11.4 Å². The molecule has 1 fully saturated rings. The first-order chi connectivity index (χ1) is 17.8. The van der Waals surface area contributed by atoms with Crippen LogP contribution in [0.4, 0.5) is 0 Å². The molecule has 4 rings (SSSR count). The van der Waals surface area contributed by atoms with Gasteiger partial charge in [-0.05, 0) is 80.4 Å². The molecule has 0 radical (unpaired) electrons. The molecule has 6 heteroatoms. The number of hydrogen-bond acceptors (Lipinski definition) is 6. The highest BCUT2D eigenvalue weighted by Crippen LogP contribution is 2.62. The lowest BCUT2D eigenvalue weighted by atomic mass is 9.46. The van der Waals surface area contributed by atoms with Crippen molar-refractivity contribution in [2.24, 2.45) is 16.2 Å². The number of allylic oxidation sites excluding steroid dienone is 1. The van der Waals surface area contributed by atoms with Crippen molar-refractivity contribution in [2.75, 3.05) is 0 Å². The van der Waals surface area contributed by atoms with Crippen LogP contribution in [0.3, 0.4) is 0 Å². The summed E-state index contributed by atoms with van der Waals surface area (Å²) in [6, 6.07) is 2.04. The molecule has 3 aliphatic carbocycles. The minimum atomic E-state index is -2.46. The maximum Gasteiger partial charge on any atom is 0.206 e. The Morgan fingerprint density at radius 1 is 1.08 bits per heavy atom. The number of benzene rings is 1. The van der Waals surface area contributed by atoms with Crippen LogP contribution in [0.2, 0.25) is 0 Å². The number of carbonyl (C=O) groups is 3. The Kier molecular flexibility index (Phi) is 6.87. The third kappa shape index (κ3) is 4.30. The number of rotatable bonds is 5. The molecule has 0 amide bonds. The van der Waals surface area contributed by atoms with Gasteiger partial charge in [-0.1, -0.05) is 60.1 Å². The molecular weight excluding hydrogens is 492 g/mol. The fraction of sp³-hybridized carbons (Fsp3) is 0.606. The summed E-state index contributed by atoms with van der Waals surface area (Å²) < 4.78 is 0. The van der Waals surface area contributed by atoms with Gasteiger partial charge in [0.2, 0.25) is 11.6 Å². The zero-order valence-electron chi connectivity index (χ0n) is 25.0. The van der Waals surface area contributed by atoms with Crippen molar-refractivity contribution in [3.63, 3.8) is 0 Å². The molecule has 6 nitrogen and oxygen atoms in total. The molecule has 0 aliphatic heterocycles. The van der Waals surface area contributed by atoms with Crippen LogP contribution in [0.15, 0.2) is 22.8 Å². The van der Waals surface area contributed by atoms with E-state index in [2.05, 4.69) is 34.6 Å². The topological polar surface area (TPSA) is 112 Å². The molecule has 1 aromatic carbocycles. The van der Waals surface area contributed by atoms with E-state index in [0.717, 1.165) is 29.5 Å². The van der Waals surface area contributed by atoms with E-state index >= 15 is 0 Å². The number of hydrogen-bond donors (Lipinski definition) is 3. The van der Waals surface area contributed by atoms with Gasteiger partial charge in [0.05, 0.1) is 11.1 Å². The summed E-state index contributed by atoms with van der Waals surface area (Å²) in [5.41, 5.74) is -1.13. The largest absolute Gasteiger partial charge is 0.507 e. The van der Waals surface area contributed by atoms with E-state index < -0.39 is 33.8 Å². The van der Waals surface area contributed by atoms with Crippen molar-refractivity contribution in [2.45, 2.75) is 112 Å². The molecule has 1 aromatic rings. The van der Waals surface area contributed by atoms with Crippen LogP contribution in [0.1, 0.15) is 116 Å². The Labute approximate surface area is 232 Å². The quantitative estimate of drug-likeness (QED) is 0.301. The van der Waals surface area contributed by atoms with Crippen molar-refractivity contribution in [3.05, 3.63) is 45.0 Å². The number of aliphatic hydroxyl groups is 2. The van der Waals surface area contributed by atoms with Crippen molar-refractivity contribution >= 4 is 23.1 Å². The number of aliphatic hydroxyl groups excluding tert-OH is 1. The second-order valence-electron chi connectivity index (χ2n) is 14.4. The van der Waals surface area contributed by atoms with Gasteiger partial charge in [-0.3, -0.25) is 14.4 Å². The van der Waals surface area contributed by atoms with Crippen molar-refractivity contribution in [1.82, 2.24) is 0 Å². The van der Waals surface area contributed by atoms with Crippen LogP contribution in [-0.2, 0) is 27.2 Å². The van der Waals surface area contributed by atoms with Crippen molar-refractivity contribution in [1.29, 1.82) is 0 Å². The number of Topliss-reactive ketones (excluding diaryl/α,β-unsaturated/α-hetero) is 3. The summed E-state index contributed by atoms with van der Waals surface area (Å²) in [6.45, 7) is 17.3. The van der Waals surface area contributed by atoms with Gasteiger partial charge in [0.25, 0.3) is 0 Å². The molecule has 3 aliphatic rings. The fourth-order valence-electron chi connectivity index (χ4n) is 7.69. The first kappa shape index (κ1) is 29.3. The summed E-state index contributed by atoms with van der Waals surface area (Å²) >= 11 is 0. The smallest absolute Gasteiger partial charge is 0.206 e. The van der Waals surface area contributed by atoms with Gasteiger partial charge < -0.3 is 15.3 Å². The Bertz CT molecular complexity index is 1350. The molecule has 39 heavy (non-hydrogen) atoms. The first-order valence-corrected chi connectivity index (χ1v) is 14.1. The van der Waals surface area contributed by atoms with E-state index in [-0.39, 0.29) is 52.4 Å². The zero-order chi connectivity index (χ0) is 29.5. The maximum absolute atomic E-state index is 14.2. The van der Waals surface area contributed by atoms with E-state index in [1.165, 1.54) is 6.92 Å². The monoisotopic (exact) mass is 536 g/mol. The number of carbonyl (C=O) groups excluding carboxylic acids is 3. The highest BCUT2D eigenvalue weighted by Gasteiger charge is 2.69. The van der Waals surface area contributed by atoms with Gasteiger partial charge in [0.1, 0.15) is 11.5 Å². The summed E-state index contributed by atoms with van der Waals surface area (Å²) in [5.74, 6) is -2.52. The van der Waals surface area contributed by atoms with Gasteiger partial charge in [-0.25, -0.2) is 0 Å². The predicted molar refractivity (Wildman–Crippen MR) is 152 cm³/mol. The molecule has 0 bridgehead atoms. The molecule has 3 N–H and O–H groups in total. The first-order valence-electron chi connectivity index (χ1n) is 14.1. The number of fused-ring (bicyclic) bond motifs is 3. The normalized spacial score (nSPS) is 29.0. The lowest BCUT2D eigenvalue weighted by Gasteiger charge is -2.56. The second-order valence-corrected chi connectivity index (χ2v) is 14.4. The fourth-order valence-corrected chi connectivity index (χ4v) is 7.69. The molecular formula is C33H44O6. The summed E-state index contributed by atoms with van der Waals surface area (Å²) in [4.78, 5) is 40.2. The van der Waals surface area contributed by atoms with Gasteiger partial charge >= 0.3 is 0 Å². The SMILES string of the molecule is CC(=O)C1=C(C)C[C@@]2(C)C[C@@]3(C)Cc4c(C(C)C)cc(CCCC(C)(C)C)c(O)c4C(O)=C3C(=O)[C@@]2(O)C1=O. The highest BCUT2D eigenvalue weighted by molar-refractivity contribution is 6.33. The van der Waals surface area contributed by atoms with E-state index in [0.29, 0.717) is 18.4 Å². The average Bonchev–Trinajstić information content (AvgIpc) is 2.76. The minimum absolute atomic E-state index is 0.0253. The van der Waals surface area contributed by atoms with Crippen LogP contribution in [0.5, 0.6) is 5.75 Å². The summed E-state index contributed by atoms with van der Waals surface area (Å²) in [6.07, 6.45) is 3.31. The Morgan fingerprint density at radius 2 is 1.69 bits per heavy atom. The summed E-state index contributed by atoms with van der Waals surface area (Å²) in [5, 5.41) is 35.1. The summed E-state index contributed by atoms with van der Waals surface area (Å²) in [7, 11) is 0. The molecule has 1 saturated carbocycles. The molecule has 0 spiro atoms. The maximum atomic E-state index is 14.2. The third-order valence-electron chi connectivity index (χ3n) is 9.36. The molecule has 3 atom stereocenters. The van der Waals surface area contributed by atoms with E-state index in [1.807, 2.05) is 13.0 Å². The number of phenolic OH excluding ortho intramolecular Hbond substituents is 1. The lowest BCUT2D eigenvalue weighted by molar-refractivity contribution is -0.171. The van der Waals surface area contributed by atoms with Crippen LogP contribution in [-0.4, -0.2) is 38.3 Å².